The summed E-state index contributed by atoms with van der Waals surface area (Å²) < 4.78 is 5.24. The zero-order chi connectivity index (χ0) is 18.8. The van der Waals surface area contributed by atoms with Gasteiger partial charge in [0.05, 0.1) is 11.3 Å². The van der Waals surface area contributed by atoms with Crippen molar-refractivity contribution in [2.24, 2.45) is 5.92 Å². The van der Waals surface area contributed by atoms with E-state index >= 15 is 0 Å². The first-order valence-electron chi connectivity index (χ1n) is 8.97. The Morgan fingerprint density at radius 2 is 2.00 bits per heavy atom. The molecule has 1 saturated heterocycles. The van der Waals surface area contributed by atoms with Crippen LogP contribution in [-0.2, 0) is 16.1 Å². The van der Waals surface area contributed by atoms with Crippen LogP contribution in [0.1, 0.15) is 18.7 Å². The van der Waals surface area contributed by atoms with E-state index in [1.807, 2.05) is 18.2 Å². The first-order chi connectivity index (χ1) is 13.2. The second-order valence-electron chi connectivity index (χ2n) is 6.69. The van der Waals surface area contributed by atoms with E-state index in [-0.39, 0.29) is 5.92 Å². The third-order valence-corrected chi connectivity index (χ3v) is 5.83. The third-order valence-electron chi connectivity index (χ3n) is 4.96. The van der Waals surface area contributed by atoms with Gasteiger partial charge in [-0.1, -0.05) is 30.3 Å². The molecule has 7 heteroatoms. The molecule has 0 aliphatic carbocycles. The van der Waals surface area contributed by atoms with Crippen molar-refractivity contribution in [1.82, 2.24) is 9.97 Å². The summed E-state index contributed by atoms with van der Waals surface area (Å²) in [7, 11) is 1.63. The van der Waals surface area contributed by atoms with E-state index in [0.29, 0.717) is 38.4 Å². The Morgan fingerprint density at radius 1 is 1.26 bits per heavy atom. The molecule has 1 fully saturated rings. The first-order valence-corrected chi connectivity index (χ1v) is 9.85. The number of rotatable bonds is 5. The fraction of sp³-hybridized carbons (Fsp3) is 0.350. The lowest BCUT2D eigenvalue weighted by atomic mass is 9.96. The number of nitrogens with zero attached hydrogens (tertiary/aromatic N) is 3. The van der Waals surface area contributed by atoms with E-state index in [0.717, 1.165) is 27.2 Å². The molecule has 3 heterocycles. The summed E-state index contributed by atoms with van der Waals surface area (Å²) in [6.45, 7) is 1.71. The van der Waals surface area contributed by atoms with Crippen molar-refractivity contribution in [2.45, 2.75) is 19.4 Å². The predicted molar refractivity (Wildman–Crippen MR) is 106 cm³/mol. The molecule has 0 atom stereocenters. The highest BCUT2D eigenvalue weighted by Gasteiger charge is 2.27. The van der Waals surface area contributed by atoms with Gasteiger partial charge in [-0.2, -0.15) is 0 Å². The summed E-state index contributed by atoms with van der Waals surface area (Å²) >= 11 is 1.60. The molecule has 3 aromatic rings. The van der Waals surface area contributed by atoms with Crippen LogP contribution < -0.4 is 4.90 Å². The van der Waals surface area contributed by atoms with E-state index in [9.17, 15) is 9.90 Å². The van der Waals surface area contributed by atoms with E-state index < -0.39 is 5.97 Å². The summed E-state index contributed by atoms with van der Waals surface area (Å²) in [5, 5.41) is 12.4. The lowest BCUT2D eigenvalue weighted by molar-refractivity contribution is -0.142. The normalized spacial score (nSPS) is 15.4. The number of ether oxygens (including phenoxy) is 1. The Kier molecular flexibility index (Phi) is 5.05. The molecule has 140 valence electrons. The van der Waals surface area contributed by atoms with Crippen LogP contribution in [0.4, 0.5) is 5.82 Å². The molecule has 0 unspecified atom stereocenters. The number of thiophene rings is 1. The topological polar surface area (TPSA) is 75.5 Å². The van der Waals surface area contributed by atoms with Gasteiger partial charge in [-0.05, 0) is 18.4 Å². The van der Waals surface area contributed by atoms with Gasteiger partial charge >= 0.3 is 5.97 Å². The van der Waals surface area contributed by atoms with E-state index in [2.05, 4.69) is 27.4 Å². The van der Waals surface area contributed by atoms with Crippen molar-refractivity contribution >= 4 is 33.3 Å². The monoisotopic (exact) mass is 383 g/mol. The molecule has 6 nitrogen and oxygen atoms in total. The molecule has 0 amide bonds. The van der Waals surface area contributed by atoms with Crippen LogP contribution in [0.3, 0.4) is 0 Å². The Labute approximate surface area is 161 Å². The van der Waals surface area contributed by atoms with Gasteiger partial charge in [0.25, 0.3) is 0 Å². The van der Waals surface area contributed by atoms with Crippen molar-refractivity contribution in [2.75, 3.05) is 25.1 Å². The molecule has 1 aliphatic heterocycles. The van der Waals surface area contributed by atoms with Gasteiger partial charge < -0.3 is 14.7 Å². The largest absolute Gasteiger partial charge is 0.481 e. The highest BCUT2D eigenvalue weighted by Crippen LogP contribution is 2.39. The van der Waals surface area contributed by atoms with Crippen LogP contribution in [-0.4, -0.2) is 41.2 Å². The molecule has 1 aromatic carbocycles. The lowest BCUT2D eigenvalue weighted by Gasteiger charge is -2.31. The van der Waals surface area contributed by atoms with E-state index in [1.165, 1.54) is 0 Å². The van der Waals surface area contributed by atoms with Crippen LogP contribution in [0, 0.1) is 5.92 Å². The molecule has 0 bridgehead atoms. The lowest BCUT2D eigenvalue weighted by Crippen LogP contribution is -2.37. The van der Waals surface area contributed by atoms with Gasteiger partial charge in [0.2, 0.25) is 0 Å². The standard InChI is InChI=1S/C20H21N3O3S/c1-26-11-16-21-18(23-9-7-14(8-10-23)20(24)25)17-15(12-27-19(17)22-16)13-5-3-2-4-6-13/h2-6,12,14H,7-11H2,1H3,(H,24,25). The number of carbonyl (C=O) groups is 1. The minimum Gasteiger partial charge on any atom is -0.481 e. The van der Waals surface area contributed by atoms with Crippen LogP contribution in [0.5, 0.6) is 0 Å². The van der Waals surface area contributed by atoms with Crippen molar-refractivity contribution < 1.29 is 14.6 Å². The quantitative estimate of drug-likeness (QED) is 0.722. The van der Waals surface area contributed by atoms with Crippen LogP contribution in [0.2, 0.25) is 0 Å². The van der Waals surface area contributed by atoms with Gasteiger partial charge in [0.1, 0.15) is 17.3 Å². The number of methoxy groups -OCH3 is 1. The fourth-order valence-electron chi connectivity index (χ4n) is 3.56. The summed E-state index contributed by atoms with van der Waals surface area (Å²) in [6.07, 6.45) is 1.26. The summed E-state index contributed by atoms with van der Waals surface area (Å²) in [4.78, 5) is 23.9. The molecule has 27 heavy (non-hydrogen) atoms. The number of hydrogen-bond acceptors (Lipinski definition) is 6. The number of aliphatic carboxylic acids is 1. The molecule has 1 N–H and O–H groups in total. The van der Waals surface area contributed by atoms with Crippen molar-refractivity contribution in [1.29, 1.82) is 0 Å². The van der Waals surface area contributed by atoms with Gasteiger partial charge in [-0.15, -0.1) is 11.3 Å². The Balaban J connectivity index is 1.79. The molecule has 4 rings (SSSR count). The summed E-state index contributed by atoms with van der Waals surface area (Å²) in [6, 6.07) is 10.2. The fourth-order valence-corrected chi connectivity index (χ4v) is 4.52. The average Bonchev–Trinajstić information content (AvgIpc) is 3.12. The molecular formula is C20H21N3O3S. The van der Waals surface area contributed by atoms with E-state index in [4.69, 9.17) is 9.72 Å². The molecule has 0 radical (unpaired) electrons. The second kappa shape index (κ2) is 7.62. The molecule has 1 aliphatic rings. The summed E-state index contributed by atoms with van der Waals surface area (Å²) in [5.41, 5.74) is 2.25. The SMILES string of the molecule is COCc1nc(N2CCC(C(=O)O)CC2)c2c(-c3ccccc3)csc2n1. The average molecular weight is 383 g/mol. The molecular weight excluding hydrogens is 362 g/mol. The smallest absolute Gasteiger partial charge is 0.306 e. The zero-order valence-electron chi connectivity index (χ0n) is 15.1. The van der Waals surface area contributed by atoms with Gasteiger partial charge in [0, 0.05) is 31.1 Å². The number of carboxylic acids is 1. The second-order valence-corrected chi connectivity index (χ2v) is 7.55. The highest BCUT2D eigenvalue weighted by atomic mass is 32.1. The van der Waals surface area contributed by atoms with Gasteiger partial charge in [-0.25, -0.2) is 9.97 Å². The maximum atomic E-state index is 11.3. The first kappa shape index (κ1) is 17.9. The summed E-state index contributed by atoms with van der Waals surface area (Å²) in [5.74, 6) is 0.564. The Morgan fingerprint density at radius 3 is 2.67 bits per heavy atom. The number of benzene rings is 1. The number of hydrogen-bond donors (Lipinski definition) is 1. The van der Waals surface area contributed by atoms with Crippen molar-refractivity contribution in [3.8, 4) is 11.1 Å². The maximum Gasteiger partial charge on any atom is 0.306 e. The number of anilines is 1. The maximum absolute atomic E-state index is 11.3. The molecule has 2 aromatic heterocycles. The minimum absolute atomic E-state index is 0.270. The number of carboxylic acid groups (broad SMARTS) is 1. The Bertz CT molecular complexity index is 950. The van der Waals surface area contributed by atoms with Gasteiger partial charge in [0.15, 0.2) is 5.82 Å². The molecule has 0 saturated carbocycles. The number of aromatic nitrogens is 2. The van der Waals surface area contributed by atoms with Crippen LogP contribution in [0.25, 0.3) is 21.3 Å². The minimum atomic E-state index is -0.705. The van der Waals surface area contributed by atoms with Crippen LogP contribution >= 0.6 is 11.3 Å². The van der Waals surface area contributed by atoms with Crippen molar-refractivity contribution in [3.05, 3.63) is 41.5 Å². The van der Waals surface area contributed by atoms with Crippen molar-refractivity contribution in [3.63, 3.8) is 0 Å². The van der Waals surface area contributed by atoms with Gasteiger partial charge in [-0.3, -0.25) is 4.79 Å². The Hall–Kier alpha value is -2.51. The third kappa shape index (κ3) is 3.52. The zero-order valence-corrected chi connectivity index (χ0v) is 15.9. The number of fused-ring (bicyclic) bond motifs is 1. The van der Waals surface area contributed by atoms with E-state index in [1.54, 1.807) is 18.4 Å². The predicted octanol–water partition coefficient (Wildman–Crippen LogP) is 3.81. The molecule has 0 spiro atoms. The number of piperidine rings is 1. The highest BCUT2D eigenvalue weighted by molar-refractivity contribution is 7.17. The van der Waals surface area contributed by atoms with Crippen LogP contribution in [0.15, 0.2) is 35.7 Å².